The maximum absolute atomic E-state index is 15.2. The second kappa shape index (κ2) is 9.66. The monoisotopic (exact) mass is 466 g/mol. The fraction of sp³-hybridized carbons (Fsp3) is 0.286. The predicted octanol–water partition coefficient (Wildman–Crippen LogP) is 7.26. The summed E-state index contributed by atoms with van der Waals surface area (Å²) < 4.78 is 30.2. The van der Waals surface area contributed by atoms with Crippen LogP contribution in [0, 0.1) is 25.5 Å². The quantitative estimate of drug-likeness (QED) is 0.399. The van der Waals surface area contributed by atoms with E-state index in [0.717, 1.165) is 17.7 Å². The molecule has 0 spiro atoms. The van der Waals surface area contributed by atoms with Gasteiger partial charge in [0.25, 0.3) is 0 Å². The van der Waals surface area contributed by atoms with Crippen LogP contribution < -0.4 is 10.6 Å². The van der Waals surface area contributed by atoms with Gasteiger partial charge in [-0.2, -0.15) is 0 Å². The average molecular weight is 467 g/mol. The molecule has 3 aromatic rings. The molecule has 0 aromatic heterocycles. The zero-order valence-corrected chi connectivity index (χ0v) is 19.9. The van der Waals surface area contributed by atoms with E-state index < -0.39 is 5.82 Å². The minimum absolute atomic E-state index is 0.0617. The number of aryl methyl sites for hydroxylation is 3. The lowest BCUT2D eigenvalue weighted by Gasteiger charge is -2.28. The number of rotatable bonds is 6. The Labute approximate surface area is 199 Å². The minimum atomic E-state index is -0.465. The van der Waals surface area contributed by atoms with Gasteiger partial charge in [-0.05, 0) is 60.7 Å². The van der Waals surface area contributed by atoms with Crippen molar-refractivity contribution in [2.24, 2.45) is 0 Å². The van der Waals surface area contributed by atoms with Gasteiger partial charge in [-0.15, -0.1) is 0 Å². The summed E-state index contributed by atoms with van der Waals surface area (Å²) >= 11 is 6.14. The first-order valence-corrected chi connectivity index (χ1v) is 11.7. The van der Waals surface area contributed by atoms with Crippen LogP contribution in [0.1, 0.15) is 46.6 Å². The van der Waals surface area contributed by atoms with Crippen LogP contribution in [0.3, 0.4) is 0 Å². The van der Waals surface area contributed by atoms with Gasteiger partial charge < -0.3 is 10.6 Å². The summed E-state index contributed by atoms with van der Waals surface area (Å²) in [6.07, 6.45) is 0.874. The zero-order chi connectivity index (χ0) is 23.7. The van der Waals surface area contributed by atoms with Gasteiger partial charge in [0.2, 0.25) is 0 Å². The van der Waals surface area contributed by atoms with E-state index in [2.05, 4.69) is 43.2 Å². The van der Waals surface area contributed by atoms with Crippen molar-refractivity contribution in [2.75, 3.05) is 11.9 Å². The number of hydrogen-bond acceptors (Lipinski definition) is 2. The Balaban J connectivity index is 1.74. The van der Waals surface area contributed by atoms with E-state index in [1.165, 1.54) is 23.3 Å². The predicted molar refractivity (Wildman–Crippen MR) is 133 cm³/mol. The van der Waals surface area contributed by atoms with E-state index in [4.69, 9.17) is 11.6 Å². The molecular weight excluding hydrogens is 438 g/mol. The van der Waals surface area contributed by atoms with Crippen LogP contribution in [0.15, 0.2) is 66.9 Å². The molecule has 1 aliphatic heterocycles. The standard InChI is InChI=1S/C28H29ClF2N2/c1-5-19-13-16(2)10-12-25(19)33-18(4)28-26(21-7-6-8-23(29)27(21)31)22(15-32-28)20-11-9-17(3)14-24(20)30/h6-14,22,26,28,32-33H,4-5,15H2,1-3H3/t22?,26-,28?/m1/s1. The van der Waals surface area contributed by atoms with Crippen molar-refractivity contribution in [1.82, 2.24) is 5.32 Å². The van der Waals surface area contributed by atoms with E-state index in [0.29, 0.717) is 23.4 Å². The third kappa shape index (κ3) is 4.68. The molecule has 0 radical (unpaired) electrons. The molecule has 2 nitrogen and oxygen atoms in total. The molecule has 4 rings (SSSR count). The molecule has 1 heterocycles. The van der Waals surface area contributed by atoms with Gasteiger partial charge in [0, 0.05) is 29.8 Å². The fourth-order valence-electron chi connectivity index (χ4n) is 4.88. The highest BCUT2D eigenvalue weighted by atomic mass is 35.5. The second-order valence-electron chi connectivity index (χ2n) is 8.85. The zero-order valence-electron chi connectivity index (χ0n) is 19.2. The highest BCUT2D eigenvalue weighted by Crippen LogP contribution is 2.44. The van der Waals surface area contributed by atoms with Gasteiger partial charge in [-0.1, -0.05) is 67.1 Å². The van der Waals surface area contributed by atoms with E-state index in [-0.39, 0.29) is 28.7 Å². The maximum atomic E-state index is 15.2. The van der Waals surface area contributed by atoms with E-state index in [1.54, 1.807) is 18.2 Å². The summed E-state index contributed by atoms with van der Waals surface area (Å²) in [5, 5.41) is 6.99. The average Bonchev–Trinajstić information content (AvgIpc) is 3.21. The van der Waals surface area contributed by atoms with Crippen molar-refractivity contribution in [3.63, 3.8) is 0 Å². The third-order valence-corrected chi connectivity index (χ3v) is 6.85. The Bertz CT molecular complexity index is 1190. The Hall–Kier alpha value is -2.69. The van der Waals surface area contributed by atoms with Gasteiger partial charge in [0.05, 0.1) is 11.1 Å². The molecule has 1 aliphatic rings. The summed E-state index contributed by atoms with van der Waals surface area (Å²) in [6, 6.07) is 16.2. The van der Waals surface area contributed by atoms with Crippen molar-refractivity contribution < 1.29 is 8.78 Å². The van der Waals surface area contributed by atoms with Crippen molar-refractivity contribution >= 4 is 17.3 Å². The number of anilines is 1. The summed E-state index contributed by atoms with van der Waals surface area (Å²) in [7, 11) is 0. The SMILES string of the molecule is C=C(Nc1ccc(C)cc1CC)C1NCC(c2ccc(C)cc2F)[C@H]1c1cccc(Cl)c1F. The van der Waals surface area contributed by atoms with E-state index in [9.17, 15) is 4.39 Å². The molecule has 2 N–H and O–H groups in total. The minimum Gasteiger partial charge on any atom is -0.358 e. The van der Waals surface area contributed by atoms with Crippen LogP contribution in [0.2, 0.25) is 5.02 Å². The van der Waals surface area contributed by atoms with Gasteiger partial charge in [0.1, 0.15) is 11.6 Å². The molecule has 3 aromatic carbocycles. The first-order valence-electron chi connectivity index (χ1n) is 11.3. The number of benzene rings is 3. The molecule has 1 fully saturated rings. The molecule has 33 heavy (non-hydrogen) atoms. The molecule has 5 heteroatoms. The summed E-state index contributed by atoms with van der Waals surface area (Å²) in [6.45, 7) is 10.8. The first-order chi connectivity index (χ1) is 15.8. The van der Waals surface area contributed by atoms with Crippen LogP contribution in [-0.2, 0) is 6.42 Å². The van der Waals surface area contributed by atoms with Crippen LogP contribution >= 0.6 is 11.6 Å². The lowest BCUT2D eigenvalue weighted by molar-refractivity contribution is 0.519. The molecule has 172 valence electrons. The Morgan fingerprint density at radius 2 is 1.79 bits per heavy atom. The van der Waals surface area contributed by atoms with E-state index in [1.807, 2.05) is 19.1 Å². The van der Waals surface area contributed by atoms with Crippen LogP contribution in [0.5, 0.6) is 0 Å². The van der Waals surface area contributed by atoms with Gasteiger partial charge in [-0.25, -0.2) is 8.78 Å². The van der Waals surface area contributed by atoms with Crippen molar-refractivity contribution in [1.29, 1.82) is 0 Å². The highest BCUT2D eigenvalue weighted by molar-refractivity contribution is 6.30. The van der Waals surface area contributed by atoms with E-state index >= 15 is 4.39 Å². The molecule has 2 unspecified atom stereocenters. The molecule has 0 bridgehead atoms. The molecule has 0 saturated carbocycles. The van der Waals surface area contributed by atoms with Crippen molar-refractivity contribution in [3.8, 4) is 0 Å². The highest BCUT2D eigenvalue weighted by Gasteiger charge is 2.42. The Kier molecular flexibility index (Phi) is 6.87. The van der Waals surface area contributed by atoms with Gasteiger partial charge >= 0.3 is 0 Å². The van der Waals surface area contributed by atoms with Gasteiger partial charge in [0.15, 0.2) is 0 Å². The third-order valence-electron chi connectivity index (χ3n) is 6.56. The van der Waals surface area contributed by atoms with Crippen LogP contribution in [0.25, 0.3) is 0 Å². The van der Waals surface area contributed by atoms with Crippen molar-refractivity contribution in [2.45, 2.75) is 45.1 Å². The summed E-state index contributed by atoms with van der Waals surface area (Å²) in [5.74, 6) is -1.39. The smallest absolute Gasteiger partial charge is 0.145 e. The number of halogens is 3. The number of nitrogens with one attached hydrogen (secondary N) is 2. The maximum Gasteiger partial charge on any atom is 0.145 e. The molecule has 3 atom stereocenters. The molecular formula is C28H29ClF2N2. The molecule has 0 aliphatic carbocycles. The van der Waals surface area contributed by atoms with Crippen LogP contribution in [-0.4, -0.2) is 12.6 Å². The largest absolute Gasteiger partial charge is 0.358 e. The lowest BCUT2D eigenvalue weighted by Crippen LogP contribution is -2.32. The molecule has 0 amide bonds. The second-order valence-corrected chi connectivity index (χ2v) is 9.26. The topological polar surface area (TPSA) is 24.1 Å². The first kappa shape index (κ1) is 23.5. The summed E-state index contributed by atoms with van der Waals surface area (Å²) in [4.78, 5) is 0. The Morgan fingerprint density at radius 3 is 2.52 bits per heavy atom. The van der Waals surface area contributed by atoms with Gasteiger partial charge in [-0.3, -0.25) is 0 Å². The van der Waals surface area contributed by atoms with Crippen molar-refractivity contribution in [3.05, 3.63) is 111 Å². The molecule has 1 saturated heterocycles. The summed E-state index contributed by atoms with van der Waals surface area (Å²) in [5.41, 5.74) is 5.94. The van der Waals surface area contributed by atoms with Crippen LogP contribution in [0.4, 0.5) is 14.5 Å². The lowest BCUT2D eigenvalue weighted by atomic mass is 9.79. The fourth-order valence-corrected chi connectivity index (χ4v) is 5.06. The number of hydrogen-bond donors (Lipinski definition) is 2. The normalized spacial score (nSPS) is 20.1. The Morgan fingerprint density at radius 1 is 1.06 bits per heavy atom.